The molecule has 0 amide bonds. The van der Waals surface area contributed by atoms with Gasteiger partial charge in [-0.3, -0.25) is 4.79 Å². The third kappa shape index (κ3) is 2.34. The van der Waals surface area contributed by atoms with E-state index in [2.05, 4.69) is 39.3 Å². The standard InChI is InChI=1S/C13H12N4OS/c1-8(9-5-3-2-4-6-9)16-13-17-11-10(19-13)12(18)15-7-14-11/h2-8H,1H3,(H2,14,15,16,17,18). The molecule has 0 aliphatic rings. The molecule has 6 heteroatoms. The van der Waals surface area contributed by atoms with Gasteiger partial charge in [-0.2, -0.15) is 4.98 Å². The highest BCUT2D eigenvalue weighted by molar-refractivity contribution is 7.22. The number of aromatic nitrogens is 3. The molecular formula is C13H12N4OS. The van der Waals surface area contributed by atoms with Crippen molar-refractivity contribution in [1.82, 2.24) is 15.0 Å². The molecule has 0 saturated heterocycles. The van der Waals surface area contributed by atoms with Crippen molar-refractivity contribution in [1.29, 1.82) is 0 Å². The van der Waals surface area contributed by atoms with E-state index in [1.54, 1.807) is 0 Å². The number of hydrogen-bond donors (Lipinski definition) is 2. The number of aromatic amines is 1. The van der Waals surface area contributed by atoms with Crippen molar-refractivity contribution in [3.63, 3.8) is 0 Å². The number of anilines is 1. The monoisotopic (exact) mass is 272 g/mol. The van der Waals surface area contributed by atoms with Crippen molar-refractivity contribution in [2.45, 2.75) is 13.0 Å². The normalized spacial score (nSPS) is 12.5. The lowest BCUT2D eigenvalue weighted by Crippen LogP contribution is -2.05. The molecule has 0 saturated carbocycles. The van der Waals surface area contributed by atoms with Crippen molar-refractivity contribution < 1.29 is 0 Å². The molecule has 0 radical (unpaired) electrons. The summed E-state index contributed by atoms with van der Waals surface area (Å²) in [5, 5.41) is 3.99. The summed E-state index contributed by atoms with van der Waals surface area (Å²) in [5.41, 5.74) is 1.50. The first-order chi connectivity index (χ1) is 9.24. The van der Waals surface area contributed by atoms with E-state index >= 15 is 0 Å². The van der Waals surface area contributed by atoms with Crippen molar-refractivity contribution in [2.75, 3.05) is 5.32 Å². The van der Waals surface area contributed by atoms with Crippen molar-refractivity contribution in [3.8, 4) is 0 Å². The van der Waals surface area contributed by atoms with E-state index in [1.165, 1.54) is 23.2 Å². The molecule has 1 unspecified atom stereocenters. The molecular weight excluding hydrogens is 260 g/mol. The summed E-state index contributed by atoms with van der Waals surface area (Å²) in [6.07, 6.45) is 1.37. The Morgan fingerprint density at radius 3 is 2.84 bits per heavy atom. The molecule has 3 rings (SSSR count). The third-order valence-electron chi connectivity index (χ3n) is 2.84. The molecule has 3 aromatic rings. The van der Waals surface area contributed by atoms with Gasteiger partial charge in [-0.1, -0.05) is 41.7 Å². The van der Waals surface area contributed by atoms with Gasteiger partial charge < -0.3 is 10.3 Å². The van der Waals surface area contributed by atoms with E-state index in [4.69, 9.17) is 0 Å². The maximum Gasteiger partial charge on any atom is 0.270 e. The molecule has 19 heavy (non-hydrogen) atoms. The summed E-state index contributed by atoms with van der Waals surface area (Å²) < 4.78 is 0.547. The molecule has 0 spiro atoms. The Hall–Kier alpha value is -2.21. The van der Waals surface area contributed by atoms with Crippen molar-refractivity contribution in [3.05, 3.63) is 52.6 Å². The van der Waals surface area contributed by atoms with E-state index in [1.807, 2.05) is 18.2 Å². The maximum atomic E-state index is 11.6. The number of nitrogens with one attached hydrogen (secondary N) is 2. The molecule has 96 valence electrons. The summed E-state index contributed by atoms with van der Waals surface area (Å²) in [7, 11) is 0. The molecule has 2 aromatic heterocycles. The van der Waals surface area contributed by atoms with E-state index in [0.717, 1.165) is 0 Å². The van der Waals surface area contributed by atoms with Crippen LogP contribution in [0.15, 0.2) is 41.5 Å². The Balaban J connectivity index is 1.90. The first-order valence-electron chi connectivity index (χ1n) is 5.90. The first kappa shape index (κ1) is 11.9. The molecule has 2 heterocycles. The molecule has 0 aliphatic carbocycles. The smallest absolute Gasteiger partial charge is 0.270 e. The number of benzene rings is 1. The largest absolute Gasteiger partial charge is 0.355 e. The highest BCUT2D eigenvalue weighted by atomic mass is 32.1. The van der Waals surface area contributed by atoms with Gasteiger partial charge in [-0.05, 0) is 12.5 Å². The minimum absolute atomic E-state index is 0.126. The van der Waals surface area contributed by atoms with Crippen LogP contribution in [0.1, 0.15) is 18.5 Å². The molecule has 0 fully saturated rings. The summed E-state index contributed by atoms with van der Waals surface area (Å²) in [6.45, 7) is 2.05. The van der Waals surface area contributed by atoms with Gasteiger partial charge in [0.1, 0.15) is 4.70 Å². The molecule has 1 aromatic carbocycles. The van der Waals surface area contributed by atoms with Crippen LogP contribution >= 0.6 is 11.3 Å². The zero-order valence-electron chi connectivity index (χ0n) is 10.3. The summed E-state index contributed by atoms with van der Waals surface area (Å²) in [6, 6.07) is 10.2. The van der Waals surface area contributed by atoms with Crippen LogP contribution < -0.4 is 10.9 Å². The van der Waals surface area contributed by atoms with Crippen LogP contribution in [0.4, 0.5) is 5.13 Å². The van der Waals surface area contributed by atoms with Gasteiger partial charge in [-0.15, -0.1) is 0 Å². The zero-order chi connectivity index (χ0) is 13.2. The molecule has 1 atom stereocenters. The number of rotatable bonds is 3. The fourth-order valence-electron chi connectivity index (χ4n) is 1.84. The molecule has 2 N–H and O–H groups in total. The van der Waals surface area contributed by atoms with Gasteiger partial charge in [-0.25, -0.2) is 4.98 Å². The van der Waals surface area contributed by atoms with Crippen molar-refractivity contribution in [2.24, 2.45) is 0 Å². The Labute approximate surface area is 113 Å². The summed E-state index contributed by atoms with van der Waals surface area (Å²) in [4.78, 5) is 22.5. The minimum Gasteiger partial charge on any atom is -0.355 e. The zero-order valence-corrected chi connectivity index (χ0v) is 11.1. The lowest BCUT2D eigenvalue weighted by molar-refractivity contribution is 0.882. The predicted octanol–water partition coefficient (Wildman–Crippen LogP) is 2.55. The van der Waals surface area contributed by atoms with E-state index in [0.29, 0.717) is 15.5 Å². The van der Waals surface area contributed by atoms with Gasteiger partial charge in [0.25, 0.3) is 5.56 Å². The van der Waals surface area contributed by atoms with Gasteiger partial charge in [0.15, 0.2) is 10.8 Å². The highest BCUT2D eigenvalue weighted by Gasteiger charge is 2.11. The van der Waals surface area contributed by atoms with Crippen LogP contribution in [0.25, 0.3) is 10.3 Å². The average molecular weight is 272 g/mol. The average Bonchev–Trinajstić information content (AvgIpc) is 2.84. The first-order valence-corrected chi connectivity index (χ1v) is 6.71. The van der Waals surface area contributed by atoms with Crippen LogP contribution in [0.2, 0.25) is 0 Å². The van der Waals surface area contributed by atoms with E-state index < -0.39 is 0 Å². The van der Waals surface area contributed by atoms with E-state index in [-0.39, 0.29) is 11.6 Å². The number of H-pyrrole nitrogens is 1. The number of nitrogens with zero attached hydrogens (tertiary/aromatic N) is 2. The molecule has 0 bridgehead atoms. The summed E-state index contributed by atoms with van der Waals surface area (Å²) in [5.74, 6) is 0. The second kappa shape index (κ2) is 4.81. The fourth-order valence-corrected chi connectivity index (χ4v) is 2.74. The highest BCUT2D eigenvalue weighted by Crippen LogP contribution is 2.25. The summed E-state index contributed by atoms with van der Waals surface area (Å²) >= 11 is 1.32. The van der Waals surface area contributed by atoms with Crippen LogP contribution in [0.3, 0.4) is 0 Å². The van der Waals surface area contributed by atoms with Gasteiger partial charge in [0.05, 0.1) is 12.4 Å². The third-order valence-corrected chi connectivity index (χ3v) is 3.81. The van der Waals surface area contributed by atoms with Gasteiger partial charge in [0.2, 0.25) is 0 Å². The Bertz CT molecular complexity index is 750. The maximum absolute atomic E-state index is 11.6. The molecule has 0 aliphatic heterocycles. The Kier molecular flexibility index (Phi) is 3.00. The van der Waals surface area contributed by atoms with Crippen molar-refractivity contribution >= 4 is 26.8 Å². The molecule has 5 nitrogen and oxygen atoms in total. The SMILES string of the molecule is CC(Nc1nc2nc[nH]c(=O)c2s1)c1ccccc1. The second-order valence-corrected chi connectivity index (χ2v) is 5.18. The van der Waals surface area contributed by atoms with Crippen LogP contribution in [0.5, 0.6) is 0 Å². The quantitative estimate of drug-likeness (QED) is 0.768. The lowest BCUT2D eigenvalue weighted by atomic mass is 10.1. The topological polar surface area (TPSA) is 70.7 Å². The van der Waals surface area contributed by atoms with E-state index in [9.17, 15) is 4.79 Å². The van der Waals surface area contributed by atoms with Gasteiger partial charge >= 0.3 is 0 Å². The lowest BCUT2D eigenvalue weighted by Gasteiger charge is -2.12. The fraction of sp³-hybridized carbons (Fsp3) is 0.154. The van der Waals surface area contributed by atoms with Gasteiger partial charge in [0, 0.05) is 0 Å². The predicted molar refractivity (Wildman–Crippen MR) is 76.5 cm³/mol. The van der Waals surface area contributed by atoms with Crippen LogP contribution in [-0.2, 0) is 0 Å². The number of hydrogen-bond acceptors (Lipinski definition) is 5. The van der Waals surface area contributed by atoms with Crippen LogP contribution in [-0.4, -0.2) is 15.0 Å². The number of thiazole rings is 1. The Morgan fingerprint density at radius 1 is 1.32 bits per heavy atom. The second-order valence-electron chi connectivity index (χ2n) is 4.18. The number of fused-ring (bicyclic) bond motifs is 1. The Morgan fingerprint density at radius 2 is 2.11 bits per heavy atom. The minimum atomic E-state index is -0.150. The van der Waals surface area contributed by atoms with Crippen LogP contribution in [0, 0.1) is 0 Å².